The third kappa shape index (κ3) is 3.89. The van der Waals surface area contributed by atoms with E-state index in [-0.39, 0.29) is 5.70 Å². The molecular formula is C8H11F3N2. The van der Waals surface area contributed by atoms with Gasteiger partial charge in [-0.3, -0.25) is 4.99 Å². The average Bonchev–Trinajstić information content (AvgIpc) is 2.04. The third-order valence-corrected chi connectivity index (χ3v) is 1.31. The predicted molar refractivity (Wildman–Crippen MR) is 46.5 cm³/mol. The van der Waals surface area contributed by atoms with Crippen molar-refractivity contribution in [2.45, 2.75) is 19.1 Å². The summed E-state index contributed by atoms with van der Waals surface area (Å²) in [6.45, 7) is 4.69. The second-order valence-electron chi connectivity index (χ2n) is 2.29. The first-order valence-electron chi connectivity index (χ1n) is 3.55. The number of hydrogen-bond donors (Lipinski definition) is 1. The summed E-state index contributed by atoms with van der Waals surface area (Å²) >= 11 is 0. The summed E-state index contributed by atoms with van der Waals surface area (Å²) in [6, 6.07) is -2.07. The van der Waals surface area contributed by atoms with Gasteiger partial charge < -0.3 is 5.73 Å². The lowest BCUT2D eigenvalue weighted by molar-refractivity contribution is -0.139. The van der Waals surface area contributed by atoms with Crippen LogP contribution in [0.25, 0.3) is 0 Å². The Morgan fingerprint density at radius 1 is 1.54 bits per heavy atom. The molecule has 0 aliphatic rings. The van der Waals surface area contributed by atoms with E-state index in [2.05, 4.69) is 11.7 Å². The molecule has 13 heavy (non-hydrogen) atoms. The average molecular weight is 192 g/mol. The molecule has 0 rings (SSSR count). The van der Waals surface area contributed by atoms with Gasteiger partial charge in [-0.2, -0.15) is 13.2 Å². The quantitative estimate of drug-likeness (QED) is 0.539. The van der Waals surface area contributed by atoms with Gasteiger partial charge in [0.15, 0.2) is 0 Å². The Labute approximate surface area is 74.6 Å². The third-order valence-electron chi connectivity index (χ3n) is 1.31. The predicted octanol–water partition coefficient (Wildman–Crippen LogP) is 2.04. The van der Waals surface area contributed by atoms with E-state index in [1.54, 1.807) is 13.0 Å². The number of nitrogens with zero attached hydrogens (tertiary/aromatic N) is 1. The maximum atomic E-state index is 12.0. The van der Waals surface area contributed by atoms with E-state index in [1.807, 2.05) is 0 Å². The van der Waals surface area contributed by atoms with E-state index in [4.69, 9.17) is 5.73 Å². The van der Waals surface area contributed by atoms with Crippen LogP contribution in [-0.4, -0.2) is 18.9 Å². The SMILES string of the molecule is C=N/C(=C\C=C/C)[C@@H](N)C(F)(F)F. The molecule has 0 saturated carbocycles. The van der Waals surface area contributed by atoms with E-state index in [9.17, 15) is 13.2 Å². The minimum absolute atomic E-state index is 0.286. The summed E-state index contributed by atoms with van der Waals surface area (Å²) in [4.78, 5) is 3.21. The lowest BCUT2D eigenvalue weighted by atomic mass is 10.2. The normalized spacial score (nSPS) is 16.2. The molecule has 0 bridgehead atoms. The van der Waals surface area contributed by atoms with Crippen LogP contribution in [-0.2, 0) is 0 Å². The minimum atomic E-state index is -4.48. The van der Waals surface area contributed by atoms with Crippen molar-refractivity contribution in [3.63, 3.8) is 0 Å². The molecule has 0 fully saturated rings. The molecule has 1 atom stereocenters. The van der Waals surface area contributed by atoms with Crippen LogP contribution in [0.2, 0.25) is 0 Å². The van der Waals surface area contributed by atoms with Crippen LogP contribution in [0.4, 0.5) is 13.2 Å². The van der Waals surface area contributed by atoms with E-state index < -0.39 is 12.2 Å². The Bertz CT molecular complexity index is 228. The van der Waals surface area contributed by atoms with Gasteiger partial charge in [0.2, 0.25) is 0 Å². The summed E-state index contributed by atoms with van der Waals surface area (Å²) in [5.74, 6) is 0. The molecule has 0 aromatic rings. The monoisotopic (exact) mass is 192 g/mol. The van der Waals surface area contributed by atoms with Crippen LogP contribution in [0.3, 0.4) is 0 Å². The van der Waals surface area contributed by atoms with Crippen LogP contribution in [0.1, 0.15) is 6.92 Å². The highest BCUT2D eigenvalue weighted by molar-refractivity contribution is 5.32. The van der Waals surface area contributed by atoms with E-state index in [0.29, 0.717) is 0 Å². The van der Waals surface area contributed by atoms with Crippen LogP contribution >= 0.6 is 0 Å². The smallest absolute Gasteiger partial charge is 0.315 e. The Morgan fingerprint density at radius 2 is 2.08 bits per heavy atom. The molecule has 5 heteroatoms. The number of aliphatic imine (C=N–C) groups is 1. The van der Waals surface area contributed by atoms with E-state index in [0.717, 1.165) is 0 Å². The fraction of sp³-hybridized carbons (Fsp3) is 0.375. The highest BCUT2D eigenvalue weighted by Gasteiger charge is 2.38. The van der Waals surface area contributed by atoms with Crippen molar-refractivity contribution in [1.29, 1.82) is 0 Å². The van der Waals surface area contributed by atoms with Crippen molar-refractivity contribution in [3.8, 4) is 0 Å². The molecule has 0 unspecified atom stereocenters. The molecule has 0 heterocycles. The molecule has 0 aromatic heterocycles. The van der Waals surface area contributed by atoms with Crippen LogP contribution < -0.4 is 5.73 Å². The number of allylic oxidation sites excluding steroid dienone is 3. The lowest BCUT2D eigenvalue weighted by Gasteiger charge is -2.15. The first-order valence-corrected chi connectivity index (χ1v) is 3.55. The molecule has 0 aliphatic carbocycles. The van der Waals surface area contributed by atoms with E-state index >= 15 is 0 Å². The molecule has 2 nitrogen and oxygen atoms in total. The first-order chi connectivity index (χ1) is 5.93. The fourth-order valence-corrected chi connectivity index (χ4v) is 0.617. The molecule has 0 aromatic carbocycles. The van der Waals surface area contributed by atoms with Gasteiger partial charge in [0.1, 0.15) is 6.04 Å². The van der Waals surface area contributed by atoms with Crippen LogP contribution in [0.15, 0.2) is 28.9 Å². The molecule has 74 valence electrons. The summed E-state index contributed by atoms with van der Waals surface area (Å²) in [5.41, 5.74) is 4.60. The molecule has 0 radical (unpaired) electrons. The van der Waals surface area contributed by atoms with Crippen molar-refractivity contribution in [2.24, 2.45) is 10.7 Å². The highest BCUT2D eigenvalue weighted by Crippen LogP contribution is 2.23. The second kappa shape index (κ2) is 4.81. The number of alkyl halides is 3. The van der Waals surface area contributed by atoms with Crippen molar-refractivity contribution in [3.05, 3.63) is 23.9 Å². The Hall–Kier alpha value is -1.10. The number of nitrogens with two attached hydrogens (primary N) is 1. The minimum Gasteiger partial charge on any atom is -0.315 e. The van der Waals surface area contributed by atoms with Gasteiger partial charge >= 0.3 is 6.18 Å². The lowest BCUT2D eigenvalue weighted by Crippen LogP contribution is -2.38. The van der Waals surface area contributed by atoms with Gasteiger partial charge in [-0.25, -0.2) is 0 Å². The van der Waals surface area contributed by atoms with Gasteiger partial charge in [-0.05, 0) is 19.7 Å². The van der Waals surface area contributed by atoms with Crippen molar-refractivity contribution >= 4 is 6.72 Å². The molecule has 0 spiro atoms. The van der Waals surface area contributed by atoms with Gasteiger partial charge in [0, 0.05) is 0 Å². The second-order valence-corrected chi connectivity index (χ2v) is 2.29. The van der Waals surface area contributed by atoms with Crippen molar-refractivity contribution in [2.75, 3.05) is 0 Å². The molecule has 2 N–H and O–H groups in total. The van der Waals surface area contributed by atoms with Crippen molar-refractivity contribution < 1.29 is 13.2 Å². The zero-order chi connectivity index (χ0) is 10.5. The maximum Gasteiger partial charge on any atom is 0.409 e. The molecule has 0 amide bonds. The van der Waals surface area contributed by atoms with Gasteiger partial charge in [-0.15, -0.1) is 0 Å². The van der Waals surface area contributed by atoms with Gasteiger partial charge in [0.25, 0.3) is 0 Å². The Morgan fingerprint density at radius 3 is 2.38 bits per heavy atom. The molecular weight excluding hydrogens is 181 g/mol. The van der Waals surface area contributed by atoms with Crippen LogP contribution in [0.5, 0.6) is 0 Å². The summed E-state index contributed by atoms with van der Waals surface area (Å²) < 4.78 is 36.1. The van der Waals surface area contributed by atoms with Gasteiger partial charge in [-0.1, -0.05) is 12.2 Å². The van der Waals surface area contributed by atoms with E-state index in [1.165, 1.54) is 12.2 Å². The summed E-state index contributed by atoms with van der Waals surface area (Å²) in [5, 5.41) is 0. The Kier molecular flexibility index (Phi) is 4.40. The Balaban J connectivity index is 4.69. The largest absolute Gasteiger partial charge is 0.409 e. The zero-order valence-electron chi connectivity index (χ0n) is 7.17. The first kappa shape index (κ1) is 11.9. The highest BCUT2D eigenvalue weighted by atomic mass is 19.4. The standard InChI is InChI=1S/C8H11F3N2/c1-3-4-5-6(13-2)7(12)8(9,10)11/h3-5,7H,2,12H2,1H3/b4-3-,6-5-/t7-/m1/s1. The van der Waals surface area contributed by atoms with Crippen molar-refractivity contribution in [1.82, 2.24) is 0 Å². The summed E-state index contributed by atoms with van der Waals surface area (Å²) in [7, 11) is 0. The number of halogens is 3. The summed E-state index contributed by atoms with van der Waals surface area (Å²) in [6.07, 6.45) is -0.288. The fourth-order valence-electron chi connectivity index (χ4n) is 0.617. The topological polar surface area (TPSA) is 38.4 Å². The van der Waals surface area contributed by atoms with Crippen LogP contribution in [0, 0.1) is 0 Å². The maximum absolute atomic E-state index is 12.0. The van der Waals surface area contributed by atoms with Gasteiger partial charge in [0.05, 0.1) is 5.70 Å². The zero-order valence-corrected chi connectivity index (χ0v) is 7.17. The molecule has 0 saturated heterocycles. The number of hydrogen-bond acceptors (Lipinski definition) is 2. The number of rotatable bonds is 3. The molecule has 0 aliphatic heterocycles.